The van der Waals surface area contributed by atoms with Gasteiger partial charge in [-0.25, -0.2) is 0 Å². The molecular weight excluding hydrogens is 481 g/mol. The zero-order valence-electron chi connectivity index (χ0n) is 18.1. The number of hydrogen-bond acceptors (Lipinski definition) is 8. The average molecular weight is 506 g/mol. The topological polar surface area (TPSA) is 94.1 Å². The number of nitrogens with one attached hydrogen (secondary N) is 1. The van der Waals surface area contributed by atoms with Gasteiger partial charge in [-0.3, -0.25) is 5.10 Å². The molecule has 0 bridgehead atoms. The fourth-order valence-corrected chi connectivity index (χ4v) is 5.99. The van der Waals surface area contributed by atoms with E-state index in [2.05, 4.69) is 37.2 Å². The van der Waals surface area contributed by atoms with Crippen molar-refractivity contribution in [3.05, 3.63) is 36.7 Å². The van der Waals surface area contributed by atoms with Gasteiger partial charge >= 0.3 is 0 Å². The Morgan fingerprint density at radius 1 is 1.09 bits per heavy atom. The molecule has 8 nitrogen and oxygen atoms in total. The highest BCUT2D eigenvalue weighted by Crippen LogP contribution is 2.44. The van der Waals surface area contributed by atoms with Crippen LogP contribution in [0.2, 0.25) is 0 Å². The number of H-pyrrole nitrogens is 1. The van der Waals surface area contributed by atoms with Gasteiger partial charge in [-0.05, 0) is 56.6 Å². The molecule has 6 rings (SSSR count). The molecule has 1 aromatic carbocycles. The van der Waals surface area contributed by atoms with Crippen molar-refractivity contribution in [2.45, 2.75) is 24.8 Å². The summed E-state index contributed by atoms with van der Waals surface area (Å²) in [5.74, 6) is 0.170. The highest BCUT2D eigenvalue weighted by Gasteiger charge is 2.47. The van der Waals surface area contributed by atoms with E-state index in [9.17, 15) is 5.11 Å². The lowest BCUT2D eigenvalue weighted by Gasteiger charge is -2.56. The van der Waals surface area contributed by atoms with Crippen LogP contribution in [0.1, 0.15) is 19.3 Å². The smallest absolute Gasteiger partial charge is 0.194 e. The second kappa shape index (κ2) is 9.06. The van der Waals surface area contributed by atoms with Gasteiger partial charge in [0.1, 0.15) is 5.75 Å². The third-order valence-corrected chi connectivity index (χ3v) is 7.61. The molecule has 4 aromatic rings. The van der Waals surface area contributed by atoms with Crippen molar-refractivity contribution in [3.8, 4) is 28.1 Å². The highest BCUT2D eigenvalue weighted by atomic mass is 35.5. The number of rotatable bonds is 3. The number of phenolic OH excluding ortho intramolecular Hbond substituents is 1. The molecule has 5 heterocycles. The molecule has 2 saturated heterocycles. The zero-order chi connectivity index (χ0) is 21.0. The van der Waals surface area contributed by atoms with Crippen LogP contribution in [0.4, 0.5) is 5.13 Å². The number of phenols is 1. The van der Waals surface area contributed by atoms with E-state index >= 15 is 0 Å². The third kappa shape index (κ3) is 4.03. The van der Waals surface area contributed by atoms with E-state index in [1.807, 2.05) is 18.2 Å². The van der Waals surface area contributed by atoms with Gasteiger partial charge in [0.15, 0.2) is 10.8 Å². The summed E-state index contributed by atoms with van der Waals surface area (Å²) < 4.78 is 0.990. The maximum Gasteiger partial charge on any atom is 0.194 e. The minimum atomic E-state index is 0. The monoisotopic (exact) mass is 505 g/mol. The molecule has 0 aliphatic carbocycles. The maximum absolute atomic E-state index is 10.6. The number of aromatic amines is 1. The van der Waals surface area contributed by atoms with Crippen LogP contribution in [0.5, 0.6) is 5.75 Å². The molecule has 1 spiro atoms. The lowest BCUT2D eigenvalue weighted by atomic mass is 9.78. The molecular formula is C22H25Cl2N7OS. The van der Waals surface area contributed by atoms with Crippen LogP contribution < -0.4 is 4.90 Å². The average Bonchev–Trinajstić information content (AvgIpc) is 3.42. The van der Waals surface area contributed by atoms with Crippen LogP contribution in [0.25, 0.3) is 32.7 Å². The SMILES string of the molecule is CN1CCCC2(CCN2c2nc3nnc(-c4ccc(-c5cn[nH]c5)cc4O)cc3s2)C1.Cl.Cl. The second-order valence-electron chi connectivity index (χ2n) is 8.60. The lowest BCUT2D eigenvalue weighted by molar-refractivity contribution is 0.123. The predicted octanol–water partition coefficient (Wildman–Crippen LogP) is 4.37. The van der Waals surface area contributed by atoms with Crippen molar-refractivity contribution in [2.24, 2.45) is 0 Å². The van der Waals surface area contributed by atoms with Gasteiger partial charge in [0.05, 0.1) is 22.1 Å². The minimum Gasteiger partial charge on any atom is -0.507 e. The second-order valence-corrected chi connectivity index (χ2v) is 9.61. The number of benzene rings is 1. The molecule has 174 valence electrons. The first kappa shape index (κ1) is 23.7. The number of hydrogen-bond donors (Lipinski definition) is 2. The number of likely N-dealkylation sites (tertiary alicyclic amines) is 1. The van der Waals surface area contributed by atoms with Gasteiger partial charge < -0.3 is 14.9 Å². The number of thiazole rings is 1. The normalized spacial score (nSPS) is 20.3. The standard InChI is InChI=1S/C22H23N7OS.2ClH/c1-28-7-2-5-22(13-28)6-8-29(22)21-25-20-19(31-21)10-17(26-27-20)16-4-3-14(9-18(16)30)15-11-23-24-12-15;;/h3-4,9-12,30H,2,5-8,13H2,1H3,(H,23,24);2*1H. The Bertz CT molecular complexity index is 1270. The number of aromatic nitrogens is 5. The number of likely N-dealkylation sites (N-methyl/N-ethyl adjacent to an activating group) is 1. The molecule has 2 N–H and O–H groups in total. The molecule has 2 aliphatic heterocycles. The predicted molar refractivity (Wildman–Crippen MR) is 136 cm³/mol. The largest absolute Gasteiger partial charge is 0.507 e. The van der Waals surface area contributed by atoms with E-state index in [-0.39, 0.29) is 36.1 Å². The summed E-state index contributed by atoms with van der Waals surface area (Å²) in [5, 5.41) is 27.1. The van der Waals surface area contributed by atoms with Crippen LogP contribution in [-0.2, 0) is 0 Å². The summed E-state index contributed by atoms with van der Waals surface area (Å²) in [7, 11) is 2.21. The number of piperidine rings is 1. The summed E-state index contributed by atoms with van der Waals surface area (Å²) in [4.78, 5) is 9.69. The van der Waals surface area contributed by atoms with E-state index in [1.54, 1.807) is 29.8 Å². The van der Waals surface area contributed by atoms with E-state index in [1.165, 1.54) is 25.8 Å². The van der Waals surface area contributed by atoms with Crippen molar-refractivity contribution in [2.75, 3.05) is 31.6 Å². The van der Waals surface area contributed by atoms with Crippen molar-refractivity contribution in [3.63, 3.8) is 0 Å². The van der Waals surface area contributed by atoms with Crippen molar-refractivity contribution in [1.82, 2.24) is 30.3 Å². The van der Waals surface area contributed by atoms with Crippen LogP contribution in [0.3, 0.4) is 0 Å². The van der Waals surface area contributed by atoms with Gasteiger partial charge in [-0.1, -0.05) is 17.4 Å². The van der Waals surface area contributed by atoms with E-state index in [4.69, 9.17) is 4.98 Å². The Morgan fingerprint density at radius 3 is 2.67 bits per heavy atom. The van der Waals surface area contributed by atoms with E-state index < -0.39 is 0 Å². The third-order valence-electron chi connectivity index (χ3n) is 6.60. The van der Waals surface area contributed by atoms with Crippen LogP contribution in [0.15, 0.2) is 36.7 Å². The fourth-order valence-electron chi connectivity index (χ4n) is 4.92. The minimum absolute atomic E-state index is 0. The molecule has 11 heteroatoms. The van der Waals surface area contributed by atoms with Crippen molar-refractivity contribution >= 4 is 51.6 Å². The van der Waals surface area contributed by atoms with Gasteiger partial charge in [0.25, 0.3) is 0 Å². The quantitative estimate of drug-likeness (QED) is 0.426. The summed E-state index contributed by atoms with van der Waals surface area (Å²) in [6.07, 6.45) is 7.20. The Balaban J connectivity index is 0.00000130. The molecule has 1 unspecified atom stereocenters. The summed E-state index contributed by atoms with van der Waals surface area (Å²) in [5.41, 5.74) is 4.01. The zero-order valence-corrected chi connectivity index (χ0v) is 20.5. The van der Waals surface area contributed by atoms with E-state index in [0.717, 1.165) is 34.0 Å². The summed E-state index contributed by atoms with van der Waals surface area (Å²) >= 11 is 1.67. The number of nitrogens with zero attached hydrogens (tertiary/aromatic N) is 6. The highest BCUT2D eigenvalue weighted by molar-refractivity contribution is 7.22. The van der Waals surface area contributed by atoms with E-state index in [0.29, 0.717) is 16.9 Å². The van der Waals surface area contributed by atoms with Gasteiger partial charge in [-0.2, -0.15) is 10.1 Å². The molecule has 3 aromatic heterocycles. The van der Waals surface area contributed by atoms with Gasteiger partial charge in [-0.15, -0.1) is 35.0 Å². The Morgan fingerprint density at radius 2 is 1.97 bits per heavy atom. The molecule has 33 heavy (non-hydrogen) atoms. The Labute approximate surface area is 207 Å². The summed E-state index contributed by atoms with van der Waals surface area (Å²) in [6.45, 7) is 3.31. The Kier molecular flexibility index (Phi) is 6.50. The Hall–Kier alpha value is -2.46. The first-order valence-electron chi connectivity index (χ1n) is 10.5. The van der Waals surface area contributed by atoms with Crippen LogP contribution >= 0.6 is 36.2 Å². The first-order chi connectivity index (χ1) is 15.1. The van der Waals surface area contributed by atoms with Crippen LogP contribution in [-0.4, -0.2) is 67.6 Å². The number of fused-ring (bicyclic) bond motifs is 1. The van der Waals surface area contributed by atoms with Crippen LogP contribution in [0, 0.1) is 0 Å². The lowest BCUT2D eigenvalue weighted by Crippen LogP contribution is -2.66. The molecule has 1 atom stereocenters. The fraction of sp³-hybridized carbons (Fsp3) is 0.364. The van der Waals surface area contributed by atoms with Gasteiger partial charge in [0, 0.05) is 30.4 Å². The van der Waals surface area contributed by atoms with Crippen molar-refractivity contribution < 1.29 is 5.11 Å². The maximum atomic E-state index is 10.6. The number of halogens is 2. The molecule has 0 radical (unpaired) electrons. The molecule has 0 saturated carbocycles. The molecule has 0 amide bonds. The molecule has 2 fully saturated rings. The molecule has 2 aliphatic rings. The number of aromatic hydroxyl groups is 1. The van der Waals surface area contributed by atoms with Crippen molar-refractivity contribution in [1.29, 1.82) is 0 Å². The first-order valence-corrected chi connectivity index (χ1v) is 11.4. The summed E-state index contributed by atoms with van der Waals surface area (Å²) in [6, 6.07) is 7.54. The van der Waals surface area contributed by atoms with Gasteiger partial charge in [0.2, 0.25) is 0 Å². The number of anilines is 1.